The molecule has 1 fully saturated rings. The number of piperidine rings is 1. The minimum Gasteiger partial charge on any atom is -0.466 e. The van der Waals surface area contributed by atoms with E-state index in [2.05, 4.69) is 10.2 Å². The molecular formula is C18H30N2O3. The quantitative estimate of drug-likeness (QED) is 0.809. The highest BCUT2D eigenvalue weighted by molar-refractivity contribution is 5.75. The van der Waals surface area contributed by atoms with E-state index in [1.807, 2.05) is 19.9 Å². The van der Waals surface area contributed by atoms with E-state index in [4.69, 9.17) is 4.42 Å². The van der Waals surface area contributed by atoms with Crippen molar-refractivity contribution in [3.8, 4) is 0 Å². The first-order chi connectivity index (χ1) is 10.9. The number of nitrogens with one attached hydrogen (secondary N) is 1. The van der Waals surface area contributed by atoms with Crippen LogP contribution in [0.1, 0.15) is 56.1 Å². The Kier molecular flexibility index (Phi) is 6.25. The van der Waals surface area contributed by atoms with Crippen molar-refractivity contribution in [1.82, 2.24) is 10.2 Å². The molecule has 0 spiro atoms. The van der Waals surface area contributed by atoms with Crippen LogP contribution < -0.4 is 5.32 Å². The van der Waals surface area contributed by atoms with Gasteiger partial charge >= 0.3 is 0 Å². The van der Waals surface area contributed by atoms with E-state index < -0.39 is 5.60 Å². The van der Waals surface area contributed by atoms with Gasteiger partial charge in [-0.15, -0.1) is 0 Å². The number of likely N-dealkylation sites (tertiary alicyclic amines) is 1. The maximum atomic E-state index is 12.0. The lowest BCUT2D eigenvalue weighted by atomic mass is 9.96. The number of hydrogen-bond donors (Lipinski definition) is 2. The number of rotatable bonds is 7. The fraction of sp³-hybridized carbons (Fsp3) is 0.722. The lowest BCUT2D eigenvalue weighted by Crippen LogP contribution is -2.39. The summed E-state index contributed by atoms with van der Waals surface area (Å²) in [5, 5.41) is 13.4. The molecule has 0 radical (unpaired) electrons. The van der Waals surface area contributed by atoms with Crippen molar-refractivity contribution in [3.63, 3.8) is 0 Å². The van der Waals surface area contributed by atoms with Crippen LogP contribution in [0.4, 0.5) is 0 Å². The van der Waals surface area contributed by atoms with Crippen LogP contribution in [0.5, 0.6) is 0 Å². The first kappa shape index (κ1) is 18.0. The summed E-state index contributed by atoms with van der Waals surface area (Å²) in [6.07, 6.45) is 5.27. The summed E-state index contributed by atoms with van der Waals surface area (Å²) in [4.78, 5) is 14.4. The molecule has 1 saturated heterocycles. The molecule has 0 aromatic carbocycles. The van der Waals surface area contributed by atoms with Crippen LogP contribution in [-0.4, -0.2) is 42.1 Å². The fourth-order valence-corrected chi connectivity index (χ4v) is 3.27. The molecule has 1 aromatic heterocycles. The van der Waals surface area contributed by atoms with Gasteiger partial charge in [0.05, 0.1) is 6.54 Å². The Hall–Kier alpha value is -1.33. The summed E-state index contributed by atoms with van der Waals surface area (Å²) in [5.74, 6) is 1.47. The summed E-state index contributed by atoms with van der Waals surface area (Å²) in [6.45, 7) is 8.91. The molecule has 23 heavy (non-hydrogen) atoms. The van der Waals surface area contributed by atoms with Crippen molar-refractivity contribution < 1.29 is 14.3 Å². The van der Waals surface area contributed by atoms with Gasteiger partial charge in [-0.05, 0) is 65.7 Å². The normalized spacial score (nSPS) is 18.6. The Labute approximate surface area is 139 Å². The molecule has 2 heterocycles. The lowest BCUT2D eigenvalue weighted by molar-refractivity contribution is -0.122. The molecule has 5 nitrogen and oxygen atoms in total. The summed E-state index contributed by atoms with van der Waals surface area (Å²) in [5.41, 5.74) is -0.367. The maximum Gasteiger partial charge on any atom is 0.220 e. The van der Waals surface area contributed by atoms with E-state index in [-0.39, 0.29) is 12.5 Å². The minimum absolute atomic E-state index is 0.000143. The smallest absolute Gasteiger partial charge is 0.220 e. The highest BCUT2D eigenvalue weighted by Crippen LogP contribution is 2.26. The third-order valence-electron chi connectivity index (χ3n) is 4.58. The fourth-order valence-electron chi connectivity index (χ4n) is 3.27. The largest absolute Gasteiger partial charge is 0.466 e. The van der Waals surface area contributed by atoms with E-state index >= 15 is 0 Å². The zero-order valence-electron chi connectivity index (χ0n) is 14.7. The van der Waals surface area contributed by atoms with Crippen molar-refractivity contribution in [2.24, 2.45) is 0 Å². The van der Waals surface area contributed by atoms with E-state index in [1.165, 1.54) is 19.3 Å². The Bertz CT molecular complexity index is 516. The van der Waals surface area contributed by atoms with Crippen LogP contribution >= 0.6 is 0 Å². The van der Waals surface area contributed by atoms with Crippen molar-refractivity contribution >= 4 is 5.91 Å². The van der Waals surface area contributed by atoms with Gasteiger partial charge in [-0.25, -0.2) is 0 Å². The second-order valence-corrected chi connectivity index (χ2v) is 6.88. The van der Waals surface area contributed by atoms with Gasteiger partial charge in [0, 0.05) is 12.0 Å². The third kappa shape index (κ3) is 5.36. The van der Waals surface area contributed by atoms with Crippen molar-refractivity contribution in [2.45, 2.75) is 58.5 Å². The molecular weight excluding hydrogens is 292 g/mol. The van der Waals surface area contributed by atoms with E-state index in [9.17, 15) is 9.90 Å². The van der Waals surface area contributed by atoms with E-state index in [0.717, 1.165) is 37.4 Å². The van der Waals surface area contributed by atoms with Gasteiger partial charge in [-0.1, -0.05) is 6.42 Å². The first-order valence-corrected chi connectivity index (χ1v) is 8.67. The molecule has 0 unspecified atom stereocenters. The van der Waals surface area contributed by atoms with Gasteiger partial charge in [-0.2, -0.15) is 0 Å². The Balaban J connectivity index is 1.71. The molecule has 5 heteroatoms. The molecule has 0 aliphatic carbocycles. The molecule has 130 valence electrons. The van der Waals surface area contributed by atoms with E-state index in [0.29, 0.717) is 12.2 Å². The van der Waals surface area contributed by atoms with Crippen molar-refractivity contribution in [1.29, 1.82) is 0 Å². The molecule has 2 N–H and O–H groups in total. The molecule has 2 rings (SSSR count). The number of carbonyl (C=O) groups excluding carboxylic acids is 1. The number of hydrogen-bond acceptors (Lipinski definition) is 4. The Morgan fingerprint density at radius 2 is 2.04 bits per heavy atom. The number of furan rings is 1. The predicted octanol–water partition coefficient (Wildman–Crippen LogP) is 2.49. The van der Waals surface area contributed by atoms with Gasteiger partial charge in [0.1, 0.15) is 17.1 Å². The van der Waals surface area contributed by atoms with Crippen LogP contribution in [-0.2, 0) is 10.4 Å². The highest BCUT2D eigenvalue weighted by Gasteiger charge is 2.28. The number of carbonyl (C=O) groups is 1. The minimum atomic E-state index is -1.11. The van der Waals surface area contributed by atoms with Crippen LogP contribution in [0.25, 0.3) is 0 Å². The van der Waals surface area contributed by atoms with Gasteiger partial charge in [-0.3, -0.25) is 4.79 Å². The zero-order valence-corrected chi connectivity index (χ0v) is 14.7. The number of aryl methyl sites for hydroxylation is 2. The SMILES string of the molecule is Cc1cc([C@](C)(O)CNC(=O)CCCN2CCCCC2)c(C)o1. The Morgan fingerprint density at radius 3 is 2.65 bits per heavy atom. The molecule has 0 bridgehead atoms. The van der Waals surface area contributed by atoms with Crippen molar-refractivity contribution in [2.75, 3.05) is 26.2 Å². The maximum absolute atomic E-state index is 12.0. The molecule has 1 atom stereocenters. The molecule has 1 amide bonds. The van der Waals surface area contributed by atoms with Gasteiger partial charge in [0.25, 0.3) is 0 Å². The van der Waals surface area contributed by atoms with Crippen LogP contribution in [0.2, 0.25) is 0 Å². The number of nitrogens with zero attached hydrogens (tertiary/aromatic N) is 1. The third-order valence-corrected chi connectivity index (χ3v) is 4.58. The molecule has 1 aromatic rings. The second-order valence-electron chi connectivity index (χ2n) is 6.88. The molecule has 1 aliphatic rings. The second kappa shape index (κ2) is 7.97. The van der Waals surface area contributed by atoms with Gasteiger partial charge in [0.2, 0.25) is 5.91 Å². The lowest BCUT2D eigenvalue weighted by Gasteiger charge is -2.26. The summed E-state index contributed by atoms with van der Waals surface area (Å²) < 4.78 is 5.46. The monoisotopic (exact) mass is 322 g/mol. The van der Waals surface area contributed by atoms with Crippen LogP contribution in [0.3, 0.4) is 0 Å². The average molecular weight is 322 g/mol. The van der Waals surface area contributed by atoms with E-state index in [1.54, 1.807) is 6.92 Å². The van der Waals surface area contributed by atoms with Crippen molar-refractivity contribution in [3.05, 3.63) is 23.2 Å². The highest BCUT2D eigenvalue weighted by atomic mass is 16.3. The first-order valence-electron chi connectivity index (χ1n) is 8.67. The predicted molar refractivity (Wildman–Crippen MR) is 90.3 cm³/mol. The van der Waals surface area contributed by atoms with Crippen LogP contribution in [0.15, 0.2) is 10.5 Å². The number of amides is 1. The topological polar surface area (TPSA) is 65.7 Å². The summed E-state index contributed by atoms with van der Waals surface area (Å²) >= 11 is 0. The molecule has 0 saturated carbocycles. The molecule has 1 aliphatic heterocycles. The number of aliphatic hydroxyl groups is 1. The van der Waals surface area contributed by atoms with Gasteiger partial charge in [0.15, 0.2) is 0 Å². The summed E-state index contributed by atoms with van der Waals surface area (Å²) in [7, 11) is 0. The standard InChI is InChI=1S/C18H30N2O3/c1-14-12-16(15(2)23-14)18(3,22)13-19-17(21)8-7-11-20-9-5-4-6-10-20/h12,22H,4-11,13H2,1-3H3,(H,19,21)/t18-/m1/s1. The summed E-state index contributed by atoms with van der Waals surface area (Å²) in [6, 6.07) is 1.83. The van der Waals surface area contributed by atoms with Gasteiger partial charge < -0.3 is 19.7 Å². The average Bonchev–Trinajstić information content (AvgIpc) is 2.86. The van der Waals surface area contributed by atoms with Crippen LogP contribution in [0, 0.1) is 13.8 Å². The Morgan fingerprint density at radius 1 is 1.35 bits per heavy atom. The zero-order chi connectivity index (χ0) is 16.9.